The Kier molecular flexibility index (Phi) is 5.92. The van der Waals surface area contributed by atoms with Crippen LogP contribution in [-0.2, 0) is 4.79 Å². The topological polar surface area (TPSA) is 101 Å². The number of hydrogen-bond acceptors (Lipinski definition) is 4. The summed E-state index contributed by atoms with van der Waals surface area (Å²) < 4.78 is 0. The van der Waals surface area contributed by atoms with Crippen LogP contribution in [-0.4, -0.2) is 29.8 Å². The first-order chi connectivity index (χ1) is 9.45. The van der Waals surface area contributed by atoms with Crippen molar-refractivity contribution in [1.29, 1.82) is 0 Å². The van der Waals surface area contributed by atoms with Gasteiger partial charge < -0.3 is 10.6 Å². The van der Waals surface area contributed by atoms with Crippen LogP contribution in [0.15, 0.2) is 18.2 Å². The van der Waals surface area contributed by atoms with Gasteiger partial charge in [0.25, 0.3) is 11.6 Å². The van der Waals surface area contributed by atoms with E-state index in [1.807, 2.05) is 0 Å². The van der Waals surface area contributed by atoms with E-state index in [4.69, 9.17) is 11.6 Å². The fraction of sp³-hybridized carbons (Fsp3) is 0.333. The van der Waals surface area contributed by atoms with Gasteiger partial charge in [-0.05, 0) is 13.0 Å². The molecule has 0 aliphatic rings. The van der Waals surface area contributed by atoms with Crippen molar-refractivity contribution in [3.8, 4) is 0 Å². The molecule has 0 aliphatic heterocycles. The molecule has 108 valence electrons. The minimum atomic E-state index is -0.609. The zero-order valence-corrected chi connectivity index (χ0v) is 11.6. The molecular weight excluding hydrogens is 286 g/mol. The van der Waals surface area contributed by atoms with Crippen molar-refractivity contribution in [2.75, 3.05) is 13.1 Å². The Morgan fingerprint density at radius 2 is 2.05 bits per heavy atom. The van der Waals surface area contributed by atoms with Crippen molar-refractivity contribution >= 4 is 29.1 Å². The van der Waals surface area contributed by atoms with Crippen molar-refractivity contribution in [3.63, 3.8) is 0 Å². The molecule has 8 heteroatoms. The second-order valence-electron chi connectivity index (χ2n) is 3.88. The smallest absolute Gasteiger partial charge is 0.270 e. The Morgan fingerprint density at radius 3 is 2.65 bits per heavy atom. The van der Waals surface area contributed by atoms with Gasteiger partial charge in [-0.1, -0.05) is 11.6 Å². The Morgan fingerprint density at radius 1 is 1.35 bits per heavy atom. The number of halogens is 1. The molecular formula is C12H14ClN3O4. The van der Waals surface area contributed by atoms with E-state index in [2.05, 4.69) is 10.6 Å². The van der Waals surface area contributed by atoms with Crippen molar-refractivity contribution in [3.05, 3.63) is 38.9 Å². The van der Waals surface area contributed by atoms with E-state index in [0.29, 0.717) is 6.54 Å². The Labute approximate surface area is 120 Å². The molecule has 0 spiro atoms. The molecule has 0 fully saturated rings. The van der Waals surface area contributed by atoms with Gasteiger partial charge in [0.05, 0.1) is 15.5 Å². The second-order valence-corrected chi connectivity index (χ2v) is 4.29. The quantitative estimate of drug-likeness (QED) is 0.614. The summed E-state index contributed by atoms with van der Waals surface area (Å²) in [6, 6.07) is 3.61. The van der Waals surface area contributed by atoms with Crippen LogP contribution in [0.5, 0.6) is 0 Å². The van der Waals surface area contributed by atoms with Crippen LogP contribution >= 0.6 is 11.6 Å². The average Bonchev–Trinajstić information content (AvgIpc) is 2.39. The highest BCUT2D eigenvalue weighted by molar-refractivity contribution is 6.33. The molecule has 0 aromatic heterocycles. The van der Waals surface area contributed by atoms with Gasteiger partial charge in [0, 0.05) is 31.6 Å². The molecule has 0 unspecified atom stereocenters. The highest BCUT2D eigenvalue weighted by atomic mass is 35.5. The van der Waals surface area contributed by atoms with E-state index in [1.54, 1.807) is 6.92 Å². The molecule has 7 nitrogen and oxygen atoms in total. The van der Waals surface area contributed by atoms with Gasteiger partial charge in [-0.25, -0.2) is 0 Å². The minimum Gasteiger partial charge on any atom is -0.356 e. The standard InChI is InChI=1S/C12H14ClN3O4/c1-2-14-11(17)5-6-15-12(18)9-7-8(16(19)20)3-4-10(9)13/h3-4,7H,2,5-6H2,1H3,(H,14,17)(H,15,18). The molecule has 0 saturated heterocycles. The third-order valence-electron chi connectivity index (χ3n) is 2.42. The van der Waals surface area contributed by atoms with Crippen LogP contribution in [0.3, 0.4) is 0 Å². The summed E-state index contributed by atoms with van der Waals surface area (Å²) in [7, 11) is 0. The summed E-state index contributed by atoms with van der Waals surface area (Å²) in [5, 5.41) is 15.8. The third kappa shape index (κ3) is 4.51. The summed E-state index contributed by atoms with van der Waals surface area (Å²) in [6.07, 6.45) is 0.131. The van der Waals surface area contributed by atoms with Gasteiger partial charge in [-0.15, -0.1) is 0 Å². The lowest BCUT2D eigenvalue weighted by Gasteiger charge is -2.06. The van der Waals surface area contributed by atoms with Gasteiger partial charge in [-0.3, -0.25) is 19.7 Å². The number of carbonyl (C=O) groups is 2. The fourth-order valence-corrected chi connectivity index (χ4v) is 1.67. The predicted molar refractivity (Wildman–Crippen MR) is 73.7 cm³/mol. The molecule has 0 radical (unpaired) electrons. The summed E-state index contributed by atoms with van der Waals surface area (Å²) in [5.74, 6) is -0.735. The van der Waals surface area contributed by atoms with Crippen molar-refractivity contribution < 1.29 is 14.5 Å². The van der Waals surface area contributed by atoms with Gasteiger partial charge in [-0.2, -0.15) is 0 Å². The van der Waals surface area contributed by atoms with Gasteiger partial charge in [0.2, 0.25) is 5.91 Å². The van der Waals surface area contributed by atoms with E-state index in [0.717, 1.165) is 6.07 Å². The number of carbonyl (C=O) groups excluding carboxylic acids is 2. The van der Waals surface area contributed by atoms with Gasteiger partial charge in [0.1, 0.15) is 0 Å². The summed E-state index contributed by atoms with van der Waals surface area (Å²) in [5.41, 5.74) is -0.208. The zero-order valence-electron chi connectivity index (χ0n) is 10.8. The van der Waals surface area contributed by atoms with Crippen molar-refractivity contribution in [1.82, 2.24) is 10.6 Å². The molecule has 2 amide bonds. The highest BCUT2D eigenvalue weighted by Gasteiger charge is 2.15. The number of nitrogens with zero attached hydrogens (tertiary/aromatic N) is 1. The average molecular weight is 300 g/mol. The molecule has 0 heterocycles. The van der Waals surface area contributed by atoms with E-state index < -0.39 is 10.8 Å². The molecule has 1 aromatic rings. The molecule has 0 saturated carbocycles. The number of nitrogens with one attached hydrogen (secondary N) is 2. The van der Waals surface area contributed by atoms with Crippen LogP contribution in [0.25, 0.3) is 0 Å². The number of amides is 2. The maximum absolute atomic E-state index is 11.8. The Balaban J connectivity index is 2.65. The van der Waals surface area contributed by atoms with Crippen LogP contribution in [0.1, 0.15) is 23.7 Å². The van der Waals surface area contributed by atoms with E-state index in [-0.39, 0.29) is 35.1 Å². The number of rotatable bonds is 6. The molecule has 0 atom stereocenters. The zero-order chi connectivity index (χ0) is 15.1. The monoisotopic (exact) mass is 299 g/mol. The maximum Gasteiger partial charge on any atom is 0.270 e. The molecule has 20 heavy (non-hydrogen) atoms. The van der Waals surface area contributed by atoms with Crippen molar-refractivity contribution in [2.24, 2.45) is 0 Å². The van der Waals surface area contributed by atoms with E-state index in [9.17, 15) is 19.7 Å². The molecule has 1 rings (SSSR count). The minimum absolute atomic E-state index is 0.0109. The van der Waals surface area contributed by atoms with Crippen LogP contribution in [0.4, 0.5) is 5.69 Å². The molecule has 1 aromatic carbocycles. The predicted octanol–water partition coefficient (Wildman–Crippen LogP) is 1.50. The molecule has 2 N–H and O–H groups in total. The lowest BCUT2D eigenvalue weighted by molar-refractivity contribution is -0.384. The third-order valence-corrected chi connectivity index (χ3v) is 2.75. The van der Waals surface area contributed by atoms with Crippen LogP contribution in [0.2, 0.25) is 5.02 Å². The SMILES string of the molecule is CCNC(=O)CCNC(=O)c1cc([N+](=O)[O-])ccc1Cl. The molecule has 0 bridgehead atoms. The summed E-state index contributed by atoms with van der Waals surface area (Å²) in [6.45, 7) is 2.44. The number of nitro benzene ring substituents is 1. The first kappa shape index (κ1) is 15.9. The number of hydrogen-bond donors (Lipinski definition) is 2. The first-order valence-electron chi connectivity index (χ1n) is 5.94. The maximum atomic E-state index is 11.8. The number of non-ortho nitro benzene ring substituents is 1. The lowest BCUT2D eigenvalue weighted by Crippen LogP contribution is -2.30. The van der Waals surface area contributed by atoms with Gasteiger partial charge in [0.15, 0.2) is 0 Å². The van der Waals surface area contributed by atoms with E-state index >= 15 is 0 Å². The normalized spacial score (nSPS) is 9.90. The Hall–Kier alpha value is -2.15. The van der Waals surface area contributed by atoms with Gasteiger partial charge >= 0.3 is 0 Å². The summed E-state index contributed by atoms with van der Waals surface area (Å²) in [4.78, 5) is 33.1. The first-order valence-corrected chi connectivity index (χ1v) is 6.32. The van der Waals surface area contributed by atoms with Crippen LogP contribution < -0.4 is 10.6 Å². The van der Waals surface area contributed by atoms with Crippen molar-refractivity contribution in [2.45, 2.75) is 13.3 Å². The van der Waals surface area contributed by atoms with E-state index in [1.165, 1.54) is 12.1 Å². The number of nitro groups is 1. The largest absolute Gasteiger partial charge is 0.356 e. The lowest BCUT2D eigenvalue weighted by atomic mass is 10.2. The number of benzene rings is 1. The molecule has 0 aliphatic carbocycles. The Bertz CT molecular complexity index is 533. The second kappa shape index (κ2) is 7.44. The summed E-state index contributed by atoms with van der Waals surface area (Å²) >= 11 is 5.82. The fourth-order valence-electron chi connectivity index (χ4n) is 1.47. The highest BCUT2D eigenvalue weighted by Crippen LogP contribution is 2.21. The van der Waals surface area contributed by atoms with Crippen LogP contribution in [0, 0.1) is 10.1 Å².